The second kappa shape index (κ2) is 12.9. The standard InChI is InChI=1S/C35H32BrN3O5S/c1-5-43-29-18-26(36)25(17-28(29)42-4)32-31(34(41)44-6-2)21(3)37-35-39(32)33(40)30(45-35)16-23-20-38(19-22-12-8-7-9-13-22)27-15-11-10-14-24(23)27/h7-18,20,32H,5-6,19H2,1-4H3/b30-16+/t32-/m1/s1. The van der Waals surface area contributed by atoms with E-state index in [9.17, 15) is 9.59 Å². The lowest BCUT2D eigenvalue weighted by atomic mass is 9.95. The lowest BCUT2D eigenvalue weighted by Crippen LogP contribution is -2.40. The molecule has 0 saturated heterocycles. The topological polar surface area (TPSA) is 84.1 Å². The number of allylic oxidation sites excluding steroid dienone is 1. The Morgan fingerprint density at radius 1 is 1.04 bits per heavy atom. The number of hydrogen-bond acceptors (Lipinski definition) is 7. The number of fused-ring (bicyclic) bond motifs is 2. The maximum Gasteiger partial charge on any atom is 0.338 e. The molecule has 0 spiro atoms. The molecule has 1 atom stereocenters. The fourth-order valence-electron chi connectivity index (χ4n) is 5.72. The predicted octanol–water partition coefficient (Wildman–Crippen LogP) is 5.97. The number of methoxy groups -OCH3 is 1. The molecule has 8 nitrogen and oxygen atoms in total. The monoisotopic (exact) mass is 685 g/mol. The average molecular weight is 687 g/mol. The van der Waals surface area contributed by atoms with Gasteiger partial charge in [0.15, 0.2) is 16.3 Å². The maximum absolute atomic E-state index is 14.3. The molecule has 1 aliphatic heterocycles. The number of rotatable bonds is 9. The van der Waals surface area contributed by atoms with Crippen molar-refractivity contribution in [3.05, 3.63) is 125 Å². The van der Waals surface area contributed by atoms with E-state index in [1.807, 2.05) is 43.3 Å². The number of nitrogens with zero attached hydrogens (tertiary/aromatic N) is 3. The van der Waals surface area contributed by atoms with Gasteiger partial charge < -0.3 is 18.8 Å². The summed E-state index contributed by atoms with van der Waals surface area (Å²) in [5.74, 6) is 0.511. The van der Waals surface area contributed by atoms with E-state index in [0.717, 1.165) is 16.5 Å². The quantitative estimate of drug-likeness (QED) is 0.179. The van der Waals surface area contributed by atoms with Crippen molar-refractivity contribution in [1.29, 1.82) is 0 Å². The van der Waals surface area contributed by atoms with E-state index in [1.54, 1.807) is 37.7 Å². The second-order valence-corrected chi connectivity index (χ2v) is 12.3. The van der Waals surface area contributed by atoms with Crippen molar-refractivity contribution in [2.24, 2.45) is 4.99 Å². The Hall–Kier alpha value is -4.41. The maximum atomic E-state index is 14.3. The van der Waals surface area contributed by atoms with E-state index in [2.05, 4.69) is 51.0 Å². The Labute approximate surface area is 272 Å². The number of carbonyl (C=O) groups is 1. The van der Waals surface area contributed by atoms with Gasteiger partial charge in [-0.2, -0.15) is 0 Å². The van der Waals surface area contributed by atoms with E-state index in [4.69, 9.17) is 19.2 Å². The van der Waals surface area contributed by atoms with Gasteiger partial charge in [0.1, 0.15) is 0 Å². The van der Waals surface area contributed by atoms with Gasteiger partial charge in [0, 0.05) is 33.7 Å². The number of thiazole rings is 1. The van der Waals surface area contributed by atoms with Gasteiger partial charge in [-0.3, -0.25) is 9.36 Å². The lowest BCUT2D eigenvalue weighted by Gasteiger charge is -2.26. The van der Waals surface area contributed by atoms with Crippen LogP contribution in [-0.2, 0) is 16.1 Å². The van der Waals surface area contributed by atoms with Crippen LogP contribution in [0.5, 0.6) is 11.5 Å². The predicted molar refractivity (Wildman–Crippen MR) is 180 cm³/mol. The Kier molecular flexibility index (Phi) is 8.78. The number of carbonyl (C=O) groups excluding carboxylic acids is 1. The van der Waals surface area contributed by atoms with Gasteiger partial charge in [-0.25, -0.2) is 9.79 Å². The number of benzene rings is 3. The molecule has 0 amide bonds. The summed E-state index contributed by atoms with van der Waals surface area (Å²) in [7, 11) is 1.56. The third-order valence-electron chi connectivity index (χ3n) is 7.70. The molecule has 5 aromatic rings. The molecule has 0 N–H and O–H groups in total. The van der Waals surface area contributed by atoms with E-state index in [1.165, 1.54) is 16.9 Å². The molecule has 3 aromatic carbocycles. The van der Waals surface area contributed by atoms with Crippen molar-refractivity contribution >= 4 is 50.2 Å². The molecular weight excluding hydrogens is 654 g/mol. The molecule has 0 aliphatic carbocycles. The van der Waals surface area contributed by atoms with Crippen LogP contribution in [0.2, 0.25) is 0 Å². The molecule has 45 heavy (non-hydrogen) atoms. The molecule has 2 aromatic heterocycles. The van der Waals surface area contributed by atoms with Crippen molar-refractivity contribution in [2.45, 2.75) is 33.4 Å². The highest BCUT2D eigenvalue weighted by atomic mass is 79.9. The molecule has 6 rings (SSSR count). The summed E-state index contributed by atoms with van der Waals surface area (Å²) in [6, 6.07) is 21.2. The first-order valence-corrected chi connectivity index (χ1v) is 16.3. The van der Waals surface area contributed by atoms with Gasteiger partial charge in [-0.15, -0.1) is 0 Å². The Balaban J connectivity index is 1.55. The van der Waals surface area contributed by atoms with Gasteiger partial charge in [0.05, 0.1) is 42.2 Å². The zero-order valence-electron chi connectivity index (χ0n) is 25.4. The Morgan fingerprint density at radius 3 is 2.53 bits per heavy atom. The smallest absolute Gasteiger partial charge is 0.338 e. The van der Waals surface area contributed by atoms with Crippen molar-refractivity contribution < 1.29 is 19.0 Å². The number of aromatic nitrogens is 2. The molecule has 3 heterocycles. The summed E-state index contributed by atoms with van der Waals surface area (Å²) < 4.78 is 21.8. The van der Waals surface area contributed by atoms with Crippen molar-refractivity contribution in [1.82, 2.24) is 9.13 Å². The van der Waals surface area contributed by atoms with Crippen LogP contribution < -0.4 is 24.4 Å². The SMILES string of the molecule is CCOC(=O)C1=C(C)N=c2s/c(=C/c3cn(Cc4ccccc4)c4ccccc34)c(=O)n2[C@@H]1c1cc(OC)c(OCC)cc1Br. The molecule has 10 heteroatoms. The minimum atomic E-state index is -0.805. The van der Waals surface area contributed by atoms with Crippen molar-refractivity contribution in [3.8, 4) is 11.5 Å². The summed E-state index contributed by atoms with van der Waals surface area (Å²) in [6.45, 7) is 6.75. The summed E-state index contributed by atoms with van der Waals surface area (Å²) in [5, 5.41) is 1.04. The Bertz CT molecular complexity index is 2130. The highest BCUT2D eigenvalue weighted by Crippen LogP contribution is 2.41. The van der Waals surface area contributed by atoms with Gasteiger partial charge in [0.2, 0.25) is 0 Å². The number of hydrogen-bond donors (Lipinski definition) is 0. The van der Waals surface area contributed by atoms with Crippen LogP contribution >= 0.6 is 27.3 Å². The largest absolute Gasteiger partial charge is 0.493 e. The summed E-state index contributed by atoms with van der Waals surface area (Å²) in [4.78, 5) is 33.0. The molecule has 0 bridgehead atoms. The molecule has 0 radical (unpaired) electrons. The summed E-state index contributed by atoms with van der Waals surface area (Å²) in [5.41, 5.74) is 4.37. The number of esters is 1. The Morgan fingerprint density at radius 2 is 1.80 bits per heavy atom. The molecule has 1 aliphatic rings. The third-order valence-corrected chi connectivity index (χ3v) is 9.37. The number of para-hydroxylation sites is 1. The molecular formula is C35H32BrN3O5S. The minimum Gasteiger partial charge on any atom is -0.493 e. The summed E-state index contributed by atoms with van der Waals surface area (Å²) >= 11 is 4.98. The number of halogens is 1. The fraction of sp³-hybridized carbons (Fsp3) is 0.229. The highest BCUT2D eigenvalue weighted by Gasteiger charge is 2.35. The van der Waals surface area contributed by atoms with Gasteiger partial charge >= 0.3 is 5.97 Å². The zero-order valence-corrected chi connectivity index (χ0v) is 27.8. The van der Waals surface area contributed by atoms with Crippen molar-refractivity contribution in [3.63, 3.8) is 0 Å². The zero-order chi connectivity index (χ0) is 31.7. The highest BCUT2D eigenvalue weighted by molar-refractivity contribution is 9.10. The average Bonchev–Trinajstić information content (AvgIpc) is 3.53. The van der Waals surface area contributed by atoms with Crippen LogP contribution in [0, 0.1) is 0 Å². The van der Waals surface area contributed by atoms with Crippen LogP contribution in [0.1, 0.15) is 43.5 Å². The molecule has 0 saturated carbocycles. The van der Waals surface area contributed by atoms with Gasteiger partial charge in [0.25, 0.3) is 5.56 Å². The lowest BCUT2D eigenvalue weighted by molar-refractivity contribution is -0.139. The van der Waals surface area contributed by atoms with E-state index >= 15 is 0 Å². The normalized spacial score (nSPS) is 14.8. The van der Waals surface area contributed by atoms with Gasteiger partial charge in [-0.05, 0) is 56.2 Å². The van der Waals surface area contributed by atoms with Crippen LogP contribution in [0.3, 0.4) is 0 Å². The van der Waals surface area contributed by atoms with E-state index in [0.29, 0.717) is 55.3 Å². The van der Waals surface area contributed by atoms with Crippen molar-refractivity contribution in [2.75, 3.05) is 20.3 Å². The van der Waals surface area contributed by atoms with Crippen LogP contribution in [0.15, 0.2) is 98.5 Å². The second-order valence-electron chi connectivity index (χ2n) is 10.5. The molecule has 0 fully saturated rings. The first kappa shape index (κ1) is 30.6. The molecule has 230 valence electrons. The number of ether oxygens (including phenoxy) is 3. The van der Waals surface area contributed by atoms with E-state index in [-0.39, 0.29) is 12.2 Å². The van der Waals surface area contributed by atoms with Crippen LogP contribution in [0.25, 0.3) is 17.0 Å². The van der Waals surface area contributed by atoms with E-state index < -0.39 is 12.0 Å². The van der Waals surface area contributed by atoms with Gasteiger partial charge in [-0.1, -0.05) is 75.8 Å². The fourth-order valence-corrected chi connectivity index (χ4v) is 7.29. The third kappa shape index (κ3) is 5.76. The van der Waals surface area contributed by atoms with Crippen LogP contribution in [0.4, 0.5) is 0 Å². The molecule has 0 unspecified atom stereocenters. The minimum absolute atomic E-state index is 0.188. The first-order chi connectivity index (χ1) is 21.8. The summed E-state index contributed by atoms with van der Waals surface area (Å²) in [6.07, 6.45) is 4.00. The van der Waals surface area contributed by atoms with Crippen LogP contribution in [-0.4, -0.2) is 35.4 Å². The first-order valence-electron chi connectivity index (χ1n) is 14.7.